The van der Waals surface area contributed by atoms with Crippen molar-refractivity contribution in [3.63, 3.8) is 0 Å². The van der Waals surface area contributed by atoms with Gasteiger partial charge in [0, 0.05) is 5.39 Å². The second-order valence-electron chi connectivity index (χ2n) is 4.07. The first kappa shape index (κ1) is 12.0. The van der Waals surface area contributed by atoms with Gasteiger partial charge in [0.2, 0.25) is 5.89 Å². The molecule has 0 aliphatic rings. The van der Waals surface area contributed by atoms with Crippen LogP contribution in [-0.2, 0) is 6.54 Å². The fraction of sp³-hybridized carbons (Fsp3) is 0.0833. The third-order valence-electron chi connectivity index (χ3n) is 2.74. The van der Waals surface area contributed by atoms with Crippen molar-refractivity contribution in [2.24, 2.45) is 5.73 Å². The smallest absolute Gasteiger partial charge is 0.290 e. The molecule has 0 bridgehead atoms. The van der Waals surface area contributed by atoms with Gasteiger partial charge in [0.25, 0.3) is 17.3 Å². The van der Waals surface area contributed by atoms with Gasteiger partial charge in [-0.3, -0.25) is 9.59 Å². The summed E-state index contributed by atoms with van der Waals surface area (Å²) in [5.74, 6) is -0.934. The van der Waals surface area contributed by atoms with Crippen LogP contribution >= 0.6 is 0 Å². The van der Waals surface area contributed by atoms with Crippen molar-refractivity contribution in [3.05, 3.63) is 52.5 Å². The molecule has 0 saturated carbocycles. The van der Waals surface area contributed by atoms with E-state index in [0.29, 0.717) is 5.39 Å². The highest BCUT2D eigenvalue weighted by Crippen LogP contribution is 2.07. The summed E-state index contributed by atoms with van der Waals surface area (Å²) in [5, 5.41) is 8.70. The lowest BCUT2D eigenvalue weighted by Crippen LogP contribution is -2.23. The number of nitrogens with zero attached hydrogens (tertiary/aromatic N) is 4. The Morgan fingerprint density at radius 3 is 2.90 bits per heavy atom. The average molecular weight is 271 g/mol. The van der Waals surface area contributed by atoms with Crippen molar-refractivity contribution in [2.45, 2.75) is 6.54 Å². The molecular weight excluding hydrogens is 262 g/mol. The first-order chi connectivity index (χ1) is 9.65. The molecule has 100 valence electrons. The molecule has 0 radical (unpaired) electrons. The Labute approximate surface area is 111 Å². The molecule has 2 aromatic heterocycles. The molecular formula is C12H9N5O3. The quantitative estimate of drug-likeness (QED) is 0.712. The van der Waals surface area contributed by atoms with Crippen LogP contribution in [0.1, 0.15) is 16.5 Å². The minimum atomic E-state index is -0.793. The van der Waals surface area contributed by atoms with E-state index in [1.54, 1.807) is 24.4 Å². The maximum absolute atomic E-state index is 12.2. The van der Waals surface area contributed by atoms with Gasteiger partial charge >= 0.3 is 0 Å². The zero-order valence-corrected chi connectivity index (χ0v) is 10.2. The number of rotatable bonds is 3. The molecule has 0 fully saturated rings. The number of hydrogen-bond acceptors (Lipinski definition) is 6. The number of fused-ring (bicyclic) bond motifs is 1. The highest BCUT2D eigenvalue weighted by atomic mass is 16.5. The molecule has 0 unspecified atom stereocenters. The number of amides is 1. The number of carbonyl (C=O) groups excluding carboxylic acids is 1. The lowest BCUT2D eigenvalue weighted by molar-refractivity contribution is 0.0987. The van der Waals surface area contributed by atoms with Crippen LogP contribution in [0.25, 0.3) is 10.8 Å². The SMILES string of the molecule is NC(=O)c1noc(Cn2ncc3ccccc3c2=O)n1. The van der Waals surface area contributed by atoms with E-state index in [9.17, 15) is 9.59 Å². The zero-order valence-electron chi connectivity index (χ0n) is 10.2. The van der Waals surface area contributed by atoms with E-state index >= 15 is 0 Å². The number of primary amides is 1. The number of aromatic nitrogens is 4. The minimum Gasteiger partial charge on any atom is -0.363 e. The van der Waals surface area contributed by atoms with E-state index in [-0.39, 0.29) is 23.8 Å². The first-order valence-corrected chi connectivity index (χ1v) is 5.72. The summed E-state index contributed by atoms with van der Waals surface area (Å²) in [7, 11) is 0. The summed E-state index contributed by atoms with van der Waals surface area (Å²) in [6.07, 6.45) is 1.57. The largest absolute Gasteiger partial charge is 0.363 e. The number of carbonyl (C=O) groups is 1. The van der Waals surface area contributed by atoms with Crippen LogP contribution in [0.5, 0.6) is 0 Å². The van der Waals surface area contributed by atoms with Crippen molar-refractivity contribution in [1.82, 2.24) is 19.9 Å². The maximum atomic E-state index is 12.2. The topological polar surface area (TPSA) is 117 Å². The van der Waals surface area contributed by atoms with E-state index in [0.717, 1.165) is 5.39 Å². The Hall–Kier alpha value is -3.03. The van der Waals surface area contributed by atoms with E-state index in [2.05, 4.69) is 15.2 Å². The van der Waals surface area contributed by atoms with Crippen molar-refractivity contribution < 1.29 is 9.32 Å². The summed E-state index contributed by atoms with van der Waals surface area (Å²) in [5.41, 5.74) is 4.74. The molecule has 1 amide bonds. The predicted octanol–water partition coefficient (Wildman–Crippen LogP) is -0.0733. The van der Waals surface area contributed by atoms with Gasteiger partial charge in [-0.2, -0.15) is 10.1 Å². The fourth-order valence-electron chi connectivity index (χ4n) is 1.79. The van der Waals surface area contributed by atoms with Gasteiger partial charge in [-0.25, -0.2) is 4.68 Å². The molecule has 2 N–H and O–H groups in total. The molecule has 0 aliphatic carbocycles. The summed E-state index contributed by atoms with van der Waals surface area (Å²) in [6.45, 7) is -0.0239. The lowest BCUT2D eigenvalue weighted by Gasteiger charge is -2.02. The van der Waals surface area contributed by atoms with Crippen molar-refractivity contribution >= 4 is 16.7 Å². The van der Waals surface area contributed by atoms with E-state index in [1.165, 1.54) is 4.68 Å². The molecule has 2 heterocycles. The number of benzene rings is 1. The Morgan fingerprint density at radius 1 is 1.35 bits per heavy atom. The maximum Gasteiger partial charge on any atom is 0.290 e. The molecule has 8 nitrogen and oxygen atoms in total. The van der Waals surface area contributed by atoms with Crippen LogP contribution in [0.15, 0.2) is 39.8 Å². The molecule has 0 aliphatic heterocycles. The molecule has 20 heavy (non-hydrogen) atoms. The summed E-state index contributed by atoms with van der Waals surface area (Å²) in [6, 6.07) is 7.10. The van der Waals surface area contributed by atoms with Crippen molar-refractivity contribution in [3.8, 4) is 0 Å². The minimum absolute atomic E-state index is 0.0239. The highest BCUT2D eigenvalue weighted by Gasteiger charge is 2.13. The normalized spacial score (nSPS) is 10.8. The Balaban J connectivity index is 2.00. The van der Waals surface area contributed by atoms with E-state index < -0.39 is 5.91 Å². The van der Waals surface area contributed by atoms with Gasteiger partial charge in [-0.05, 0) is 6.07 Å². The highest BCUT2D eigenvalue weighted by molar-refractivity contribution is 5.88. The van der Waals surface area contributed by atoms with Gasteiger partial charge in [0.05, 0.1) is 11.6 Å². The molecule has 0 spiro atoms. The van der Waals surface area contributed by atoms with Gasteiger partial charge < -0.3 is 10.3 Å². The predicted molar refractivity (Wildman–Crippen MR) is 67.9 cm³/mol. The van der Waals surface area contributed by atoms with Crippen LogP contribution < -0.4 is 11.3 Å². The average Bonchev–Trinajstić information content (AvgIpc) is 2.91. The lowest BCUT2D eigenvalue weighted by atomic mass is 10.2. The van der Waals surface area contributed by atoms with Crippen molar-refractivity contribution in [2.75, 3.05) is 0 Å². The van der Waals surface area contributed by atoms with Crippen LogP contribution in [0.3, 0.4) is 0 Å². The first-order valence-electron chi connectivity index (χ1n) is 5.72. The number of hydrogen-bond donors (Lipinski definition) is 1. The van der Waals surface area contributed by atoms with Crippen molar-refractivity contribution in [1.29, 1.82) is 0 Å². The second kappa shape index (κ2) is 4.57. The van der Waals surface area contributed by atoms with E-state index in [1.807, 2.05) is 6.07 Å². The Morgan fingerprint density at radius 2 is 2.15 bits per heavy atom. The van der Waals surface area contributed by atoms with Crippen LogP contribution in [0.4, 0.5) is 0 Å². The fourth-order valence-corrected chi connectivity index (χ4v) is 1.79. The monoisotopic (exact) mass is 271 g/mol. The summed E-state index contributed by atoms with van der Waals surface area (Å²) in [4.78, 5) is 26.8. The standard InChI is InChI=1S/C12H9N5O3/c13-10(18)11-15-9(20-16-11)6-17-12(19)8-4-2-1-3-7(8)5-14-17/h1-5H,6H2,(H2,13,18). The zero-order chi connectivity index (χ0) is 14.1. The number of nitrogens with two attached hydrogens (primary N) is 1. The second-order valence-corrected chi connectivity index (χ2v) is 4.07. The molecule has 3 aromatic rings. The Kier molecular flexibility index (Phi) is 2.75. The van der Waals surface area contributed by atoms with Gasteiger partial charge in [0.1, 0.15) is 6.54 Å². The van der Waals surface area contributed by atoms with Gasteiger partial charge in [-0.1, -0.05) is 23.4 Å². The molecule has 0 atom stereocenters. The summed E-state index contributed by atoms with van der Waals surface area (Å²) < 4.78 is 6.02. The van der Waals surface area contributed by atoms with E-state index in [4.69, 9.17) is 10.3 Å². The summed E-state index contributed by atoms with van der Waals surface area (Å²) >= 11 is 0. The molecule has 1 aromatic carbocycles. The molecule has 3 rings (SSSR count). The third-order valence-corrected chi connectivity index (χ3v) is 2.74. The van der Waals surface area contributed by atoms with Gasteiger partial charge in [-0.15, -0.1) is 0 Å². The van der Waals surface area contributed by atoms with Crippen LogP contribution in [0.2, 0.25) is 0 Å². The van der Waals surface area contributed by atoms with Gasteiger partial charge in [0.15, 0.2) is 0 Å². The third kappa shape index (κ3) is 2.03. The Bertz CT molecular complexity index is 851. The molecule has 8 heteroatoms. The molecule has 0 saturated heterocycles. The van der Waals surface area contributed by atoms with Crippen LogP contribution in [-0.4, -0.2) is 25.8 Å². The van der Waals surface area contributed by atoms with Crippen LogP contribution in [0, 0.1) is 0 Å².